The van der Waals surface area contributed by atoms with Crippen LogP contribution in [0.3, 0.4) is 0 Å². The van der Waals surface area contributed by atoms with Crippen LogP contribution in [0.15, 0.2) is 54.9 Å². The van der Waals surface area contributed by atoms with Crippen molar-refractivity contribution >= 4 is 0 Å². The summed E-state index contributed by atoms with van der Waals surface area (Å²) in [5.74, 6) is 6.49. The first-order chi connectivity index (χ1) is 10.2. The lowest BCUT2D eigenvalue weighted by Crippen LogP contribution is -1.94. The summed E-state index contributed by atoms with van der Waals surface area (Å²) in [6, 6.07) is 11.8. The van der Waals surface area contributed by atoms with Crippen molar-refractivity contribution in [3.05, 3.63) is 77.9 Å². The van der Waals surface area contributed by atoms with Gasteiger partial charge >= 0.3 is 0 Å². The topological polar surface area (TPSA) is 30.7 Å². The second-order valence-electron chi connectivity index (χ2n) is 4.48. The lowest BCUT2D eigenvalue weighted by molar-refractivity contribution is 0.627. The molecule has 1 aromatic carbocycles. The second kappa shape index (κ2) is 5.59. The number of benzene rings is 1. The zero-order valence-corrected chi connectivity index (χ0v) is 11.4. The van der Waals surface area contributed by atoms with E-state index in [1.54, 1.807) is 18.3 Å². The van der Waals surface area contributed by atoms with Gasteiger partial charge in [0.05, 0.1) is 0 Å². The molecule has 0 N–H and O–H groups in total. The minimum absolute atomic E-state index is 0.258. The molecule has 0 bridgehead atoms. The number of hydrogen-bond donors (Lipinski definition) is 0. The van der Waals surface area contributed by atoms with Gasteiger partial charge in [-0.1, -0.05) is 6.07 Å². The van der Waals surface area contributed by atoms with Crippen molar-refractivity contribution < 1.29 is 4.39 Å². The number of aryl methyl sites for hydroxylation is 1. The van der Waals surface area contributed by atoms with Crippen molar-refractivity contribution in [3.8, 4) is 17.5 Å². The Kier molecular flexibility index (Phi) is 3.48. The summed E-state index contributed by atoms with van der Waals surface area (Å²) in [6.45, 7) is 1.88. The van der Waals surface area contributed by atoms with Crippen molar-refractivity contribution in [2.75, 3.05) is 0 Å². The molecule has 0 aliphatic carbocycles. The van der Waals surface area contributed by atoms with Crippen LogP contribution in [0.4, 0.5) is 4.39 Å². The van der Waals surface area contributed by atoms with Gasteiger partial charge in [0.25, 0.3) is 0 Å². The van der Waals surface area contributed by atoms with E-state index in [-0.39, 0.29) is 5.82 Å². The minimum atomic E-state index is -0.258. The van der Waals surface area contributed by atoms with Crippen molar-refractivity contribution in [1.82, 2.24) is 14.5 Å². The molecule has 21 heavy (non-hydrogen) atoms. The van der Waals surface area contributed by atoms with Gasteiger partial charge in [0.15, 0.2) is 0 Å². The fourth-order valence-electron chi connectivity index (χ4n) is 1.96. The van der Waals surface area contributed by atoms with Crippen molar-refractivity contribution in [1.29, 1.82) is 0 Å². The second-order valence-corrected chi connectivity index (χ2v) is 4.48. The van der Waals surface area contributed by atoms with Crippen LogP contribution in [0.5, 0.6) is 0 Å². The van der Waals surface area contributed by atoms with Crippen LogP contribution in [0.1, 0.15) is 17.2 Å². The molecule has 102 valence electrons. The maximum atomic E-state index is 13.0. The van der Waals surface area contributed by atoms with Gasteiger partial charge in [0, 0.05) is 18.1 Å². The Hall–Kier alpha value is -2.93. The summed E-state index contributed by atoms with van der Waals surface area (Å²) in [6.07, 6.45) is 3.53. The van der Waals surface area contributed by atoms with Gasteiger partial charge < -0.3 is 4.57 Å². The van der Waals surface area contributed by atoms with E-state index in [1.807, 2.05) is 35.9 Å². The van der Waals surface area contributed by atoms with Crippen LogP contribution in [-0.4, -0.2) is 14.5 Å². The third-order valence-electron chi connectivity index (χ3n) is 2.97. The lowest BCUT2D eigenvalue weighted by Gasteiger charge is -2.03. The van der Waals surface area contributed by atoms with Gasteiger partial charge in [-0.15, -0.1) is 0 Å². The Morgan fingerprint density at radius 3 is 2.48 bits per heavy atom. The SMILES string of the molecule is Cc1nc(C#Cc2ccccn2)cn1-c1ccc(F)cc1. The molecule has 0 unspecified atom stereocenters. The highest BCUT2D eigenvalue weighted by molar-refractivity contribution is 5.40. The number of rotatable bonds is 1. The van der Waals surface area contributed by atoms with Crippen molar-refractivity contribution in [3.63, 3.8) is 0 Å². The Morgan fingerprint density at radius 2 is 1.76 bits per heavy atom. The monoisotopic (exact) mass is 277 g/mol. The van der Waals surface area contributed by atoms with E-state index in [9.17, 15) is 4.39 Å². The highest BCUT2D eigenvalue weighted by atomic mass is 19.1. The van der Waals surface area contributed by atoms with Gasteiger partial charge in [-0.3, -0.25) is 0 Å². The number of aromatic nitrogens is 3. The molecule has 0 radical (unpaired) electrons. The molecule has 0 saturated heterocycles. The quantitative estimate of drug-likeness (QED) is 0.640. The van der Waals surface area contributed by atoms with Gasteiger partial charge in [-0.05, 0) is 55.2 Å². The molecule has 0 saturated carbocycles. The van der Waals surface area contributed by atoms with E-state index < -0.39 is 0 Å². The molecule has 0 aliphatic rings. The number of hydrogen-bond acceptors (Lipinski definition) is 2. The zero-order chi connectivity index (χ0) is 14.7. The van der Waals surface area contributed by atoms with E-state index in [0.717, 1.165) is 11.5 Å². The third kappa shape index (κ3) is 2.98. The van der Waals surface area contributed by atoms with Crippen LogP contribution in [0.25, 0.3) is 5.69 Å². The first-order valence-corrected chi connectivity index (χ1v) is 6.47. The van der Waals surface area contributed by atoms with Gasteiger partial charge in [0.2, 0.25) is 0 Å². The standard InChI is InChI=1S/C17H12FN3/c1-13-20-16(8-7-15-4-2-3-11-19-15)12-21(13)17-9-5-14(18)6-10-17/h2-6,9-12H,1H3. The molecule has 0 atom stereocenters. The Labute approximate surface area is 122 Å². The average molecular weight is 277 g/mol. The maximum absolute atomic E-state index is 13.0. The number of imidazole rings is 1. The molecular formula is C17H12FN3. The first-order valence-electron chi connectivity index (χ1n) is 6.47. The van der Waals surface area contributed by atoms with E-state index in [1.165, 1.54) is 12.1 Å². The van der Waals surface area contributed by atoms with E-state index in [2.05, 4.69) is 21.8 Å². The normalized spacial score (nSPS) is 10.0. The van der Waals surface area contributed by atoms with Crippen LogP contribution < -0.4 is 0 Å². The Morgan fingerprint density at radius 1 is 1.00 bits per heavy atom. The molecule has 4 heteroatoms. The predicted molar refractivity (Wildman–Crippen MR) is 78.5 cm³/mol. The largest absolute Gasteiger partial charge is 0.303 e. The lowest BCUT2D eigenvalue weighted by atomic mass is 10.3. The van der Waals surface area contributed by atoms with Crippen LogP contribution in [-0.2, 0) is 0 Å². The smallest absolute Gasteiger partial charge is 0.132 e. The number of nitrogens with zero attached hydrogens (tertiary/aromatic N) is 3. The van der Waals surface area contributed by atoms with Crippen LogP contribution in [0, 0.1) is 24.6 Å². The van der Waals surface area contributed by atoms with E-state index in [4.69, 9.17) is 0 Å². The number of pyridine rings is 1. The predicted octanol–water partition coefficient (Wildman–Crippen LogP) is 3.11. The Bertz CT molecular complexity index is 809. The first kappa shape index (κ1) is 13.1. The molecule has 2 aromatic heterocycles. The average Bonchev–Trinajstić information content (AvgIpc) is 2.88. The summed E-state index contributed by atoms with van der Waals surface area (Å²) in [7, 11) is 0. The highest BCUT2D eigenvalue weighted by Crippen LogP contribution is 2.12. The van der Waals surface area contributed by atoms with Crippen LogP contribution in [0.2, 0.25) is 0 Å². The fraction of sp³-hybridized carbons (Fsp3) is 0.0588. The summed E-state index contributed by atoms with van der Waals surface area (Å²) in [5, 5.41) is 0. The minimum Gasteiger partial charge on any atom is -0.303 e. The number of halogens is 1. The van der Waals surface area contributed by atoms with Crippen LogP contribution >= 0.6 is 0 Å². The molecule has 3 nitrogen and oxygen atoms in total. The van der Waals surface area contributed by atoms with Gasteiger partial charge in [-0.25, -0.2) is 14.4 Å². The molecule has 0 fully saturated rings. The molecule has 2 heterocycles. The van der Waals surface area contributed by atoms with E-state index in [0.29, 0.717) is 11.4 Å². The van der Waals surface area contributed by atoms with Gasteiger partial charge in [0.1, 0.15) is 23.0 Å². The van der Waals surface area contributed by atoms with Gasteiger partial charge in [-0.2, -0.15) is 0 Å². The van der Waals surface area contributed by atoms with Crippen molar-refractivity contribution in [2.24, 2.45) is 0 Å². The fourth-order valence-corrected chi connectivity index (χ4v) is 1.96. The third-order valence-corrected chi connectivity index (χ3v) is 2.97. The zero-order valence-electron chi connectivity index (χ0n) is 11.4. The summed E-state index contributed by atoms with van der Waals surface area (Å²) in [5.41, 5.74) is 2.21. The molecule has 3 rings (SSSR count). The Balaban J connectivity index is 1.92. The molecule has 0 amide bonds. The summed E-state index contributed by atoms with van der Waals surface area (Å²) in [4.78, 5) is 8.53. The van der Waals surface area contributed by atoms with Crippen molar-refractivity contribution in [2.45, 2.75) is 6.92 Å². The highest BCUT2D eigenvalue weighted by Gasteiger charge is 2.04. The molecular weight excluding hydrogens is 265 g/mol. The maximum Gasteiger partial charge on any atom is 0.132 e. The molecule has 0 aliphatic heterocycles. The summed E-state index contributed by atoms with van der Waals surface area (Å²) >= 11 is 0. The molecule has 3 aromatic rings. The summed E-state index contributed by atoms with van der Waals surface area (Å²) < 4.78 is 14.8. The molecule has 0 spiro atoms. The van der Waals surface area contributed by atoms with E-state index >= 15 is 0 Å².